The van der Waals surface area contributed by atoms with Crippen LogP contribution in [0.3, 0.4) is 0 Å². The van der Waals surface area contributed by atoms with E-state index in [0.717, 1.165) is 88.7 Å². The fourth-order valence-corrected chi connectivity index (χ4v) is 9.42. The number of hydrogen-bond acceptors (Lipinski definition) is 2. The summed E-state index contributed by atoms with van der Waals surface area (Å²) >= 11 is 0. The Morgan fingerprint density at radius 2 is 1.24 bits per heavy atom. The van der Waals surface area contributed by atoms with Crippen molar-refractivity contribution in [1.29, 1.82) is 0 Å². The molecule has 0 radical (unpaired) electrons. The van der Waals surface area contributed by atoms with Crippen molar-refractivity contribution < 1.29 is 21.1 Å². The van der Waals surface area contributed by atoms with Gasteiger partial charge in [-0.3, -0.25) is 4.57 Å². The summed E-state index contributed by atoms with van der Waals surface area (Å²) in [4.78, 5) is 15.8. The Bertz CT molecular complexity index is 3660. The third-order valence-electron chi connectivity index (χ3n) is 12.7. The van der Waals surface area contributed by atoms with Gasteiger partial charge in [0, 0.05) is 28.4 Å². The molecule has 4 aromatic heterocycles. The minimum atomic E-state index is -0.243. The summed E-state index contributed by atoms with van der Waals surface area (Å²) in [6.45, 7) is 4.56. The molecule has 8 aromatic carbocycles. The van der Waals surface area contributed by atoms with Gasteiger partial charge < -0.3 is 9.55 Å². The van der Waals surface area contributed by atoms with Crippen molar-refractivity contribution in [3.05, 3.63) is 218 Å². The number of pyridine rings is 1. The van der Waals surface area contributed by atoms with Crippen LogP contribution in [0, 0.1) is 6.07 Å². The van der Waals surface area contributed by atoms with E-state index in [2.05, 4.69) is 217 Å². The molecule has 12 rings (SSSR count). The molecule has 63 heavy (non-hydrogen) atoms. The Hall–Kier alpha value is -7.33. The zero-order chi connectivity index (χ0) is 41.4. The number of benzene rings is 8. The van der Waals surface area contributed by atoms with Gasteiger partial charge in [0.15, 0.2) is 0 Å². The van der Waals surface area contributed by atoms with Crippen LogP contribution < -0.4 is 4.98 Å². The first-order chi connectivity index (χ1) is 30.5. The Balaban J connectivity index is 0.00000444. The van der Waals surface area contributed by atoms with E-state index >= 15 is 0 Å². The van der Waals surface area contributed by atoms with E-state index in [0.29, 0.717) is 0 Å². The van der Waals surface area contributed by atoms with Gasteiger partial charge in [-0.05, 0) is 80.3 Å². The van der Waals surface area contributed by atoms with Crippen LogP contribution >= 0.6 is 0 Å². The second kappa shape index (κ2) is 15.2. The van der Waals surface area contributed by atoms with Crippen LogP contribution in [0.25, 0.3) is 99.8 Å². The molecule has 5 nitrogen and oxygen atoms in total. The summed E-state index contributed by atoms with van der Waals surface area (Å²) in [6.07, 6.45) is 1.94. The van der Waals surface area contributed by atoms with Gasteiger partial charge in [-0.1, -0.05) is 170 Å². The summed E-state index contributed by atoms with van der Waals surface area (Å²) < 4.78 is 4.56. The first-order valence-electron chi connectivity index (χ1n) is 21.1. The van der Waals surface area contributed by atoms with Gasteiger partial charge in [0.1, 0.15) is 11.6 Å². The average Bonchev–Trinajstić information content (AvgIpc) is 4.02. The molecule has 302 valence electrons. The summed E-state index contributed by atoms with van der Waals surface area (Å²) in [5.74, 6) is 1.70. The minimum Gasteiger partial charge on any atom is -0.656 e. The molecule has 0 saturated carbocycles. The summed E-state index contributed by atoms with van der Waals surface area (Å²) in [5, 5.41) is 4.53. The molecule has 0 aliphatic rings. The molecule has 0 bridgehead atoms. The first kappa shape index (κ1) is 38.6. The molecular formula is C57H39N5Pt. The Morgan fingerprint density at radius 1 is 0.524 bits per heavy atom. The van der Waals surface area contributed by atoms with E-state index < -0.39 is 0 Å². The maximum absolute atomic E-state index is 5.56. The SMILES string of the molecule is CC(C)(c1ccccc1)c1ccnc(-n2c3[c-]c(-c4cccc5c4nc(-c4cccc6c4[n-]c4ccccc46)n5-c4ccccc4)ccc3c3cc(-c4ccccc4)ccc32)c1.[Pt+2]. The molecule has 0 N–H and O–H groups in total. The molecule has 0 unspecified atom stereocenters. The smallest absolute Gasteiger partial charge is 0.656 e. The van der Waals surface area contributed by atoms with Crippen LogP contribution in [0.1, 0.15) is 25.0 Å². The molecule has 0 saturated heterocycles. The summed E-state index contributed by atoms with van der Waals surface area (Å²) in [5.41, 5.74) is 14.4. The maximum atomic E-state index is 5.56. The van der Waals surface area contributed by atoms with Crippen LogP contribution in [-0.2, 0) is 26.5 Å². The van der Waals surface area contributed by atoms with Crippen molar-refractivity contribution in [2.45, 2.75) is 19.3 Å². The number of imidazole rings is 1. The number of fused-ring (bicyclic) bond motifs is 7. The number of aromatic nitrogens is 5. The second-order valence-corrected chi connectivity index (χ2v) is 16.6. The summed E-state index contributed by atoms with van der Waals surface area (Å²) in [7, 11) is 0. The molecule has 0 amide bonds. The van der Waals surface area contributed by atoms with Crippen molar-refractivity contribution in [3.63, 3.8) is 0 Å². The van der Waals surface area contributed by atoms with Gasteiger partial charge >= 0.3 is 21.1 Å². The van der Waals surface area contributed by atoms with Crippen molar-refractivity contribution in [2.75, 3.05) is 0 Å². The number of para-hydroxylation sites is 4. The van der Waals surface area contributed by atoms with Crippen molar-refractivity contribution in [2.24, 2.45) is 0 Å². The molecule has 0 fully saturated rings. The van der Waals surface area contributed by atoms with Gasteiger partial charge in [-0.15, -0.1) is 34.8 Å². The third-order valence-corrected chi connectivity index (χ3v) is 12.7. The largest absolute Gasteiger partial charge is 2.00 e. The molecule has 4 heterocycles. The monoisotopic (exact) mass is 988 g/mol. The van der Waals surface area contributed by atoms with Gasteiger partial charge in [-0.2, -0.15) is 0 Å². The molecule has 0 aliphatic heterocycles. The van der Waals surface area contributed by atoms with E-state index in [9.17, 15) is 0 Å². The average molecular weight is 989 g/mol. The van der Waals surface area contributed by atoms with Crippen molar-refractivity contribution in [3.8, 4) is 45.1 Å². The van der Waals surface area contributed by atoms with Crippen LogP contribution in [-0.4, -0.2) is 19.1 Å². The molecule has 6 heteroatoms. The zero-order valence-electron chi connectivity index (χ0n) is 34.6. The first-order valence-corrected chi connectivity index (χ1v) is 21.1. The molecule has 12 aromatic rings. The molecular weight excluding hydrogens is 950 g/mol. The van der Waals surface area contributed by atoms with Crippen LogP contribution in [0.2, 0.25) is 0 Å². The Labute approximate surface area is 379 Å². The van der Waals surface area contributed by atoms with Crippen LogP contribution in [0.4, 0.5) is 0 Å². The van der Waals surface area contributed by atoms with Crippen molar-refractivity contribution >= 4 is 54.6 Å². The Morgan fingerprint density at radius 3 is 2.06 bits per heavy atom. The van der Waals surface area contributed by atoms with Gasteiger partial charge in [0.05, 0.1) is 11.0 Å². The van der Waals surface area contributed by atoms with Gasteiger partial charge in [-0.25, -0.2) is 9.97 Å². The van der Waals surface area contributed by atoms with E-state index in [1.807, 2.05) is 12.3 Å². The topological polar surface area (TPSA) is 49.7 Å². The van der Waals surface area contributed by atoms with E-state index in [-0.39, 0.29) is 26.5 Å². The fraction of sp³-hybridized carbons (Fsp3) is 0.0526. The standard InChI is InChI=1S/C57H39N5.Pt/c1-57(2,40-18-8-4-9-19-40)41-32-33-58-53(36-41)62-50-31-29-38(37-16-6-3-7-17-37)34-48(50)45-30-28-39(35-52(45)62)43-23-15-27-51-55(43)60-56(61(51)42-20-10-5-11-21-42)47-25-14-24-46-44-22-12-13-26-49(44)59-54(46)47;/h3-34,36H,1-2H3;/q-2;+2. The van der Waals surface area contributed by atoms with E-state index in [1.54, 1.807) is 0 Å². The predicted molar refractivity (Wildman–Crippen MR) is 255 cm³/mol. The van der Waals surface area contributed by atoms with Gasteiger partial charge in [0.25, 0.3) is 0 Å². The number of nitrogens with zero attached hydrogens (tertiary/aromatic N) is 5. The minimum absolute atomic E-state index is 0. The second-order valence-electron chi connectivity index (χ2n) is 16.6. The van der Waals surface area contributed by atoms with Crippen LogP contribution in [0.5, 0.6) is 0 Å². The Kier molecular flexibility index (Phi) is 9.33. The predicted octanol–water partition coefficient (Wildman–Crippen LogP) is 13.9. The number of hydrogen-bond donors (Lipinski definition) is 0. The number of rotatable bonds is 7. The third kappa shape index (κ3) is 6.26. The summed E-state index contributed by atoms with van der Waals surface area (Å²) in [6, 6.07) is 72.6. The molecule has 0 atom stereocenters. The van der Waals surface area contributed by atoms with Crippen molar-refractivity contribution in [1.82, 2.24) is 24.1 Å². The quantitative estimate of drug-likeness (QED) is 0.150. The van der Waals surface area contributed by atoms with E-state index in [1.165, 1.54) is 22.3 Å². The maximum Gasteiger partial charge on any atom is 2.00 e. The van der Waals surface area contributed by atoms with Gasteiger partial charge in [0.2, 0.25) is 0 Å². The van der Waals surface area contributed by atoms with E-state index in [4.69, 9.17) is 15.0 Å². The molecule has 0 spiro atoms. The fourth-order valence-electron chi connectivity index (χ4n) is 9.42. The normalized spacial score (nSPS) is 11.8. The van der Waals surface area contributed by atoms with Crippen LogP contribution in [0.15, 0.2) is 200 Å². The zero-order valence-corrected chi connectivity index (χ0v) is 36.9. The molecule has 0 aliphatic carbocycles.